The van der Waals surface area contributed by atoms with Gasteiger partial charge in [0.05, 0.1) is 17.8 Å². The maximum Gasteiger partial charge on any atom is 0.242 e. The quantitative estimate of drug-likeness (QED) is 0.868. The zero-order valence-corrected chi connectivity index (χ0v) is 12.4. The number of hydrogen-bond acceptors (Lipinski definition) is 6. The van der Waals surface area contributed by atoms with Crippen LogP contribution in [-0.2, 0) is 16.6 Å². The summed E-state index contributed by atoms with van der Waals surface area (Å²) in [7, 11) is -2.08. The van der Waals surface area contributed by atoms with Crippen LogP contribution in [0, 0.1) is 6.92 Å². The van der Waals surface area contributed by atoms with Crippen molar-refractivity contribution in [1.29, 1.82) is 0 Å². The molecule has 0 saturated heterocycles. The number of oxazole rings is 1. The first-order valence-electron chi connectivity index (χ1n) is 5.66. The highest BCUT2D eigenvalue weighted by atomic mass is 35.5. The van der Waals surface area contributed by atoms with E-state index in [2.05, 4.69) is 20.0 Å². The van der Waals surface area contributed by atoms with E-state index >= 15 is 0 Å². The van der Waals surface area contributed by atoms with Crippen molar-refractivity contribution in [2.45, 2.75) is 18.4 Å². The molecule has 2 aromatic rings. The van der Waals surface area contributed by atoms with Crippen molar-refractivity contribution in [1.82, 2.24) is 14.7 Å². The largest absolute Gasteiger partial charge is 0.445 e. The molecule has 7 nitrogen and oxygen atoms in total. The molecule has 0 aliphatic carbocycles. The zero-order valence-electron chi connectivity index (χ0n) is 10.8. The second kappa shape index (κ2) is 5.78. The van der Waals surface area contributed by atoms with Crippen molar-refractivity contribution >= 4 is 27.4 Å². The molecule has 0 unspecified atom stereocenters. The van der Waals surface area contributed by atoms with Crippen molar-refractivity contribution in [2.24, 2.45) is 0 Å². The van der Waals surface area contributed by atoms with Gasteiger partial charge in [0.25, 0.3) is 0 Å². The van der Waals surface area contributed by atoms with Gasteiger partial charge in [-0.3, -0.25) is 0 Å². The first-order valence-corrected chi connectivity index (χ1v) is 7.53. The number of sulfonamides is 1. The average molecular weight is 317 g/mol. The summed E-state index contributed by atoms with van der Waals surface area (Å²) < 4.78 is 31.7. The lowest BCUT2D eigenvalue weighted by Gasteiger charge is -2.07. The standard InChI is InChI=1S/C11H13ClN4O3S/c1-7-4-14-10(19-7)6-16-20(17,18)8-3-9(12)11(13-2)15-5-8/h3-5,16H,6H2,1-2H3,(H,13,15). The summed E-state index contributed by atoms with van der Waals surface area (Å²) >= 11 is 5.91. The first kappa shape index (κ1) is 14.8. The molecular weight excluding hydrogens is 304 g/mol. The minimum Gasteiger partial charge on any atom is -0.445 e. The van der Waals surface area contributed by atoms with Gasteiger partial charge in [0, 0.05) is 13.2 Å². The highest BCUT2D eigenvalue weighted by molar-refractivity contribution is 7.89. The van der Waals surface area contributed by atoms with Crippen LogP contribution >= 0.6 is 11.6 Å². The first-order chi connectivity index (χ1) is 9.42. The van der Waals surface area contributed by atoms with E-state index in [1.54, 1.807) is 14.0 Å². The van der Waals surface area contributed by atoms with Crippen molar-refractivity contribution in [3.63, 3.8) is 0 Å². The van der Waals surface area contributed by atoms with Crippen LogP contribution in [0.2, 0.25) is 5.02 Å². The fourth-order valence-electron chi connectivity index (χ4n) is 1.47. The molecule has 108 valence electrons. The number of nitrogens with zero attached hydrogens (tertiary/aromatic N) is 2. The molecule has 0 saturated carbocycles. The number of hydrogen-bond donors (Lipinski definition) is 2. The van der Waals surface area contributed by atoms with Crippen molar-refractivity contribution in [3.8, 4) is 0 Å². The van der Waals surface area contributed by atoms with E-state index in [0.29, 0.717) is 11.6 Å². The molecular formula is C11H13ClN4O3S. The third-order valence-electron chi connectivity index (χ3n) is 2.45. The van der Waals surface area contributed by atoms with E-state index in [0.717, 1.165) is 0 Å². The Balaban J connectivity index is 2.15. The summed E-state index contributed by atoms with van der Waals surface area (Å²) in [5, 5.41) is 2.98. The number of aryl methyl sites for hydroxylation is 1. The molecule has 2 rings (SSSR count). The normalized spacial score (nSPS) is 11.6. The fraction of sp³-hybridized carbons (Fsp3) is 0.273. The van der Waals surface area contributed by atoms with Crippen LogP contribution < -0.4 is 10.0 Å². The maximum absolute atomic E-state index is 12.1. The van der Waals surface area contributed by atoms with Crippen LogP contribution in [0.15, 0.2) is 27.8 Å². The molecule has 20 heavy (non-hydrogen) atoms. The minimum atomic E-state index is -3.72. The third-order valence-corrected chi connectivity index (χ3v) is 4.10. The summed E-state index contributed by atoms with van der Waals surface area (Å²) in [6, 6.07) is 1.32. The second-order valence-electron chi connectivity index (χ2n) is 3.94. The van der Waals surface area contributed by atoms with Gasteiger partial charge in [0.1, 0.15) is 16.5 Å². The number of pyridine rings is 1. The molecule has 0 aliphatic heterocycles. The second-order valence-corrected chi connectivity index (χ2v) is 6.11. The number of aromatic nitrogens is 2. The van der Waals surface area contributed by atoms with Crippen molar-refractivity contribution in [3.05, 3.63) is 35.1 Å². The molecule has 0 aliphatic rings. The van der Waals surface area contributed by atoms with Gasteiger partial charge in [0.15, 0.2) is 0 Å². The van der Waals surface area contributed by atoms with Crippen LogP contribution in [0.5, 0.6) is 0 Å². The molecule has 2 heterocycles. The van der Waals surface area contributed by atoms with Gasteiger partial charge >= 0.3 is 0 Å². The van der Waals surface area contributed by atoms with E-state index in [1.165, 1.54) is 18.5 Å². The monoisotopic (exact) mass is 316 g/mol. The summed E-state index contributed by atoms with van der Waals surface area (Å²) in [5.74, 6) is 1.31. The fourth-order valence-corrected chi connectivity index (χ4v) is 2.74. The predicted molar refractivity (Wildman–Crippen MR) is 74.1 cm³/mol. The van der Waals surface area contributed by atoms with Crippen LogP contribution in [0.4, 0.5) is 5.82 Å². The number of anilines is 1. The minimum absolute atomic E-state index is 0.0234. The average Bonchev–Trinajstić information content (AvgIpc) is 2.82. The van der Waals surface area contributed by atoms with Gasteiger partial charge in [-0.05, 0) is 13.0 Å². The van der Waals surface area contributed by atoms with Gasteiger partial charge in [-0.25, -0.2) is 23.1 Å². The Morgan fingerprint density at radius 1 is 1.35 bits per heavy atom. The smallest absolute Gasteiger partial charge is 0.242 e. The Labute approximate surface area is 121 Å². The Bertz CT molecular complexity index is 714. The Morgan fingerprint density at radius 2 is 2.10 bits per heavy atom. The molecule has 0 radical (unpaired) electrons. The van der Waals surface area contributed by atoms with E-state index in [9.17, 15) is 8.42 Å². The molecule has 9 heteroatoms. The molecule has 2 aromatic heterocycles. The SMILES string of the molecule is CNc1ncc(S(=O)(=O)NCc2ncc(C)o2)cc1Cl. The third kappa shape index (κ3) is 3.27. The van der Waals surface area contributed by atoms with Gasteiger partial charge in [-0.15, -0.1) is 0 Å². The highest BCUT2D eigenvalue weighted by Gasteiger charge is 2.17. The summed E-state index contributed by atoms with van der Waals surface area (Å²) in [6.45, 7) is 1.69. The van der Waals surface area contributed by atoms with Crippen LogP contribution in [0.3, 0.4) is 0 Å². The van der Waals surface area contributed by atoms with Crippen molar-refractivity contribution < 1.29 is 12.8 Å². The topological polar surface area (TPSA) is 97.1 Å². The van der Waals surface area contributed by atoms with E-state index in [4.69, 9.17) is 16.0 Å². The number of nitrogens with one attached hydrogen (secondary N) is 2. The number of halogens is 1. The summed E-state index contributed by atoms with van der Waals surface area (Å²) in [5.41, 5.74) is 0. The van der Waals surface area contributed by atoms with Crippen molar-refractivity contribution in [2.75, 3.05) is 12.4 Å². The number of rotatable bonds is 5. The Hall–Kier alpha value is -1.64. The van der Waals surface area contributed by atoms with Gasteiger partial charge in [-0.1, -0.05) is 11.6 Å². The Kier molecular flexibility index (Phi) is 4.26. The Morgan fingerprint density at radius 3 is 2.65 bits per heavy atom. The molecule has 0 atom stereocenters. The molecule has 0 fully saturated rings. The van der Waals surface area contributed by atoms with Gasteiger partial charge in [0.2, 0.25) is 15.9 Å². The van der Waals surface area contributed by atoms with Gasteiger partial charge in [-0.2, -0.15) is 0 Å². The van der Waals surface area contributed by atoms with E-state index in [-0.39, 0.29) is 22.4 Å². The van der Waals surface area contributed by atoms with Crippen LogP contribution in [0.25, 0.3) is 0 Å². The van der Waals surface area contributed by atoms with Crippen LogP contribution in [0.1, 0.15) is 11.7 Å². The molecule has 0 aromatic carbocycles. The van der Waals surface area contributed by atoms with E-state index < -0.39 is 10.0 Å². The van der Waals surface area contributed by atoms with E-state index in [1.807, 2.05) is 0 Å². The maximum atomic E-state index is 12.1. The lowest BCUT2D eigenvalue weighted by Crippen LogP contribution is -2.23. The van der Waals surface area contributed by atoms with Crippen LogP contribution in [-0.4, -0.2) is 25.4 Å². The lowest BCUT2D eigenvalue weighted by molar-refractivity contribution is 0.463. The zero-order chi connectivity index (χ0) is 14.8. The predicted octanol–water partition coefficient (Wildman–Crippen LogP) is 1.55. The molecule has 0 amide bonds. The van der Waals surface area contributed by atoms with Gasteiger partial charge < -0.3 is 9.73 Å². The highest BCUT2D eigenvalue weighted by Crippen LogP contribution is 2.21. The summed E-state index contributed by atoms with van der Waals surface area (Å²) in [6.07, 6.45) is 2.74. The molecule has 0 spiro atoms. The molecule has 2 N–H and O–H groups in total. The summed E-state index contributed by atoms with van der Waals surface area (Å²) in [4.78, 5) is 7.81. The lowest BCUT2D eigenvalue weighted by atomic mass is 10.4. The molecule has 0 bridgehead atoms.